The zero-order valence-corrected chi connectivity index (χ0v) is 14.3. The van der Waals surface area contributed by atoms with Gasteiger partial charge in [-0.3, -0.25) is 0 Å². The van der Waals surface area contributed by atoms with Crippen molar-refractivity contribution in [1.82, 2.24) is 0 Å². The van der Waals surface area contributed by atoms with Crippen LogP contribution in [0.1, 0.15) is 37.8 Å². The highest BCUT2D eigenvalue weighted by Crippen LogP contribution is 2.30. The number of allylic oxidation sites excluding steroid dienone is 1. The van der Waals surface area contributed by atoms with E-state index in [4.69, 9.17) is 9.47 Å². The molecular formula is C21H23NO2. The number of nitriles is 1. The molecular weight excluding hydrogens is 298 g/mol. The summed E-state index contributed by atoms with van der Waals surface area (Å²) in [7, 11) is 0. The number of ether oxygens (including phenoxy) is 2. The van der Waals surface area contributed by atoms with Crippen LogP contribution in [0.2, 0.25) is 0 Å². The van der Waals surface area contributed by atoms with Gasteiger partial charge in [-0.15, -0.1) is 0 Å². The van der Waals surface area contributed by atoms with Crippen LogP contribution in [-0.2, 0) is 0 Å². The molecule has 3 nitrogen and oxygen atoms in total. The van der Waals surface area contributed by atoms with Crippen molar-refractivity contribution in [3.05, 3.63) is 59.7 Å². The summed E-state index contributed by atoms with van der Waals surface area (Å²) >= 11 is 0. The third kappa shape index (κ3) is 4.89. The summed E-state index contributed by atoms with van der Waals surface area (Å²) < 4.78 is 11.5. The molecule has 0 amide bonds. The first-order chi connectivity index (χ1) is 11.8. The molecule has 0 saturated carbocycles. The summed E-state index contributed by atoms with van der Waals surface area (Å²) in [5.41, 5.74) is 2.45. The Kier molecular flexibility index (Phi) is 6.91. The predicted octanol–water partition coefficient (Wildman–Crippen LogP) is 5.33. The maximum Gasteiger partial charge on any atom is 0.161 e. The van der Waals surface area contributed by atoms with Crippen LogP contribution in [0.4, 0.5) is 0 Å². The minimum atomic E-state index is 0.571. The first-order valence-electron chi connectivity index (χ1n) is 8.35. The van der Waals surface area contributed by atoms with E-state index in [1.165, 1.54) is 0 Å². The van der Waals surface area contributed by atoms with Crippen LogP contribution < -0.4 is 9.47 Å². The van der Waals surface area contributed by atoms with Crippen LogP contribution >= 0.6 is 0 Å². The number of hydrogen-bond acceptors (Lipinski definition) is 3. The molecule has 0 bridgehead atoms. The van der Waals surface area contributed by atoms with Gasteiger partial charge in [0.25, 0.3) is 0 Å². The highest BCUT2D eigenvalue weighted by molar-refractivity contribution is 5.89. The number of unbranched alkanes of at least 4 members (excludes halogenated alkanes) is 1. The lowest BCUT2D eigenvalue weighted by atomic mass is 10.0. The first kappa shape index (κ1) is 17.6. The molecule has 24 heavy (non-hydrogen) atoms. The molecule has 2 rings (SSSR count). The molecule has 0 atom stereocenters. The van der Waals surface area contributed by atoms with E-state index >= 15 is 0 Å². The molecule has 0 fully saturated rings. The summed E-state index contributed by atoms with van der Waals surface area (Å²) in [6.07, 6.45) is 3.97. The molecule has 124 valence electrons. The van der Waals surface area contributed by atoms with Gasteiger partial charge in [0, 0.05) is 0 Å². The molecule has 0 radical (unpaired) electrons. The molecule has 2 aromatic carbocycles. The zero-order valence-electron chi connectivity index (χ0n) is 14.3. The molecule has 0 aliphatic carbocycles. The van der Waals surface area contributed by atoms with E-state index in [9.17, 15) is 5.26 Å². The molecule has 0 N–H and O–H groups in total. The average Bonchev–Trinajstić information content (AvgIpc) is 2.62. The van der Waals surface area contributed by atoms with Gasteiger partial charge in [0.2, 0.25) is 0 Å². The van der Waals surface area contributed by atoms with E-state index in [1.807, 2.05) is 61.5 Å². The lowest BCUT2D eigenvalue weighted by Crippen LogP contribution is -2.00. The minimum Gasteiger partial charge on any atom is -0.490 e. The highest BCUT2D eigenvalue weighted by Gasteiger charge is 2.07. The Bertz CT molecular complexity index is 714. The van der Waals surface area contributed by atoms with E-state index in [0.717, 1.165) is 29.7 Å². The number of hydrogen-bond donors (Lipinski definition) is 0. The Labute approximate surface area is 144 Å². The third-order valence-corrected chi connectivity index (χ3v) is 3.54. The smallest absolute Gasteiger partial charge is 0.161 e. The van der Waals surface area contributed by atoms with Crippen molar-refractivity contribution in [2.45, 2.75) is 26.7 Å². The van der Waals surface area contributed by atoms with Crippen molar-refractivity contribution in [1.29, 1.82) is 5.26 Å². The van der Waals surface area contributed by atoms with Crippen LogP contribution in [0.5, 0.6) is 11.5 Å². The highest BCUT2D eigenvalue weighted by atomic mass is 16.5. The van der Waals surface area contributed by atoms with Gasteiger partial charge in [0.05, 0.1) is 24.9 Å². The van der Waals surface area contributed by atoms with Gasteiger partial charge >= 0.3 is 0 Å². The normalized spacial score (nSPS) is 11.0. The van der Waals surface area contributed by atoms with E-state index in [0.29, 0.717) is 24.5 Å². The van der Waals surface area contributed by atoms with Gasteiger partial charge in [-0.1, -0.05) is 49.7 Å². The maximum atomic E-state index is 9.44. The van der Waals surface area contributed by atoms with Gasteiger partial charge < -0.3 is 9.47 Å². The van der Waals surface area contributed by atoms with E-state index in [2.05, 4.69) is 13.0 Å². The Morgan fingerprint density at radius 2 is 1.83 bits per heavy atom. The molecule has 0 saturated heterocycles. The Hall–Kier alpha value is -2.73. The second-order valence-corrected chi connectivity index (χ2v) is 5.38. The van der Waals surface area contributed by atoms with Crippen molar-refractivity contribution in [2.24, 2.45) is 0 Å². The molecule has 3 heteroatoms. The fourth-order valence-electron chi connectivity index (χ4n) is 2.29. The second kappa shape index (κ2) is 9.42. The van der Waals surface area contributed by atoms with Crippen molar-refractivity contribution in [3.8, 4) is 17.6 Å². The summed E-state index contributed by atoms with van der Waals surface area (Å²) in [4.78, 5) is 0. The zero-order chi connectivity index (χ0) is 17.2. The Morgan fingerprint density at radius 1 is 1.04 bits per heavy atom. The summed E-state index contributed by atoms with van der Waals surface area (Å²) in [6.45, 7) is 5.33. The standard InChI is InChI=1S/C21H23NO2/c1-3-5-13-24-20-12-11-17(15-21(20)23-4-2)14-19(16-22)18-9-7-6-8-10-18/h6-12,14-15H,3-5,13H2,1-2H3/b19-14+. The molecule has 0 aliphatic rings. The lowest BCUT2D eigenvalue weighted by Gasteiger charge is -2.12. The van der Waals surface area contributed by atoms with Crippen molar-refractivity contribution in [3.63, 3.8) is 0 Å². The molecule has 0 aromatic heterocycles. The van der Waals surface area contributed by atoms with Gasteiger partial charge in [-0.05, 0) is 42.7 Å². The van der Waals surface area contributed by atoms with E-state index in [-0.39, 0.29) is 0 Å². The molecule has 0 aliphatic heterocycles. The number of nitrogens with zero attached hydrogens (tertiary/aromatic N) is 1. The third-order valence-electron chi connectivity index (χ3n) is 3.54. The van der Waals surface area contributed by atoms with Crippen LogP contribution in [0, 0.1) is 11.3 Å². The molecule has 2 aromatic rings. The average molecular weight is 321 g/mol. The van der Waals surface area contributed by atoms with Crippen LogP contribution in [0.25, 0.3) is 11.6 Å². The molecule has 0 unspecified atom stereocenters. The van der Waals surface area contributed by atoms with Gasteiger partial charge in [-0.25, -0.2) is 0 Å². The minimum absolute atomic E-state index is 0.571. The fourth-order valence-corrected chi connectivity index (χ4v) is 2.29. The summed E-state index contributed by atoms with van der Waals surface area (Å²) in [6, 6.07) is 17.7. The fraction of sp³-hybridized carbons (Fsp3) is 0.286. The summed E-state index contributed by atoms with van der Waals surface area (Å²) in [5, 5.41) is 9.44. The van der Waals surface area contributed by atoms with E-state index < -0.39 is 0 Å². The van der Waals surface area contributed by atoms with Gasteiger partial charge in [-0.2, -0.15) is 5.26 Å². The maximum absolute atomic E-state index is 9.44. The van der Waals surface area contributed by atoms with Crippen molar-refractivity contribution < 1.29 is 9.47 Å². The lowest BCUT2D eigenvalue weighted by molar-refractivity contribution is 0.272. The Morgan fingerprint density at radius 3 is 2.50 bits per heavy atom. The van der Waals surface area contributed by atoms with Gasteiger partial charge in [0.1, 0.15) is 0 Å². The molecule has 0 heterocycles. The number of rotatable bonds is 8. The largest absolute Gasteiger partial charge is 0.490 e. The van der Waals surface area contributed by atoms with Gasteiger partial charge in [0.15, 0.2) is 11.5 Å². The number of benzene rings is 2. The SMILES string of the molecule is CCCCOc1ccc(/C=C(\C#N)c2ccccc2)cc1OCC. The van der Waals surface area contributed by atoms with E-state index in [1.54, 1.807) is 0 Å². The Balaban J connectivity index is 2.28. The van der Waals surface area contributed by atoms with Crippen molar-refractivity contribution >= 4 is 11.6 Å². The van der Waals surface area contributed by atoms with Crippen LogP contribution in [0.15, 0.2) is 48.5 Å². The molecule has 0 spiro atoms. The topological polar surface area (TPSA) is 42.2 Å². The van der Waals surface area contributed by atoms with Crippen molar-refractivity contribution in [2.75, 3.05) is 13.2 Å². The predicted molar refractivity (Wildman–Crippen MR) is 97.9 cm³/mol. The monoisotopic (exact) mass is 321 g/mol. The quantitative estimate of drug-likeness (QED) is 0.375. The summed E-state index contributed by atoms with van der Waals surface area (Å²) in [5.74, 6) is 1.47. The first-order valence-corrected chi connectivity index (χ1v) is 8.35. The second-order valence-electron chi connectivity index (χ2n) is 5.38. The van der Waals surface area contributed by atoms with Crippen LogP contribution in [0.3, 0.4) is 0 Å². The van der Waals surface area contributed by atoms with Crippen LogP contribution in [-0.4, -0.2) is 13.2 Å².